The average Bonchev–Trinajstić information content (AvgIpc) is 3.07. The van der Waals surface area contributed by atoms with Crippen molar-refractivity contribution in [2.45, 2.75) is 35.7 Å². The van der Waals surface area contributed by atoms with Gasteiger partial charge in [-0.2, -0.15) is 0 Å². The predicted octanol–water partition coefficient (Wildman–Crippen LogP) is 5.56. The Morgan fingerprint density at radius 2 is 2.17 bits per heavy atom. The van der Waals surface area contributed by atoms with E-state index in [0.717, 1.165) is 24.1 Å². The van der Waals surface area contributed by atoms with Gasteiger partial charge in [-0.15, -0.1) is 0 Å². The highest BCUT2D eigenvalue weighted by Crippen LogP contribution is 2.49. The molecule has 1 amide bonds. The molecule has 0 saturated carbocycles. The topological polar surface area (TPSA) is 54.6 Å². The van der Waals surface area contributed by atoms with E-state index in [2.05, 4.69) is 23.2 Å². The second kappa shape index (κ2) is 7.63. The van der Waals surface area contributed by atoms with E-state index >= 15 is 0 Å². The average molecular weight is 470 g/mol. The first-order chi connectivity index (χ1) is 14.4. The van der Waals surface area contributed by atoms with Crippen LogP contribution in [-0.4, -0.2) is 45.6 Å². The maximum Gasteiger partial charge on any atom is 0.410 e. The fraction of sp³-hybridized carbons (Fsp3) is 0.500. The number of piperidine rings is 1. The first-order valence-corrected chi connectivity index (χ1v) is 11.4. The number of benzene rings is 1. The summed E-state index contributed by atoms with van der Waals surface area (Å²) in [6.07, 6.45) is 3.39. The summed E-state index contributed by atoms with van der Waals surface area (Å²) in [4.78, 5) is 18.4. The maximum atomic E-state index is 13.0. The van der Waals surface area contributed by atoms with Gasteiger partial charge in [0, 0.05) is 35.1 Å². The zero-order valence-corrected chi connectivity index (χ0v) is 18.8. The van der Waals surface area contributed by atoms with E-state index in [-0.39, 0.29) is 24.7 Å². The fourth-order valence-electron chi connectivity index (χ4n) is 5.40. The summed E-state index contributed by atoms with van der Waals surface area (Å²) in [5.41, 5.74) is 4.71. The summed E-state index contributed by atoms with van der Waals surface area (Å²) in [6.45, 7) is 2.89. The largest absolute Gasteiger partial charge is 0.445 e. The van der Waals surface area contributed by atoms with Crippen molar-refractivity contribution < 1.29 is 14.3 Å². The minimum Gasteiger partial charge on any atom is -0.445 e. The Bertz CT molecular complexity index is 1010. The molecule has 1 aromatic carbocycles. The van der Waals surface area contributed by atoms with Gasteiger partial charge >= 0.3 is 6.09 Å². The fourth-order valence-corrected chi connectivity index (χ4v) is 5.57. The number of nitrogens with zero attached hydrogens (tertiary/aromatic N) is 1. The van der Waals surface area contributed by atoms with Crippen molar-refractivity contribution in [3.05, 3.63) is 47.2 Å². The van der Waals surface area contributed by atoms with Gasteiger partial charge in [0.15, 0.2) is 0 Å². The molecule has 3 aliphatic heterocycles. The van der Waals surface area contributed by atoms with Crippen LogP contribution in [0.25, 0.3) is 10.9 Å². The molecule has 0 radical (unpaired) electrons. The van der Waals surface area contributed by atoms with E-state index in [1.807, 2.05) is 19.1 Å². The molecule has 0 spiro atoms. The summed E-state index contributed by atoms with van der Waals surface area (Å²) >= 11 is 17.4. The third-order valence-corrected chi connectivity index (χ3v) is 7.07. The number of carbonyl (C=O) groups excluding carboxylic acids is 1. The van der Waals surface area contributed by atoms with Crippen LogP contribution in [0.5, 0.6) is 0 Å². The van der Waals surface area contributed by atoms with E-state index in [0.29, 0.717) is 19.1 Å². The zero-order valence-electron chi connectivity index (χ0n) is 16.5. The number of likely N-dealkylation sites (tertiary alicyclic amines) is 1. The summed E-state index contributed by atoms with van der Waals surface area (Å²) < 4.78 is 10.1. The van der Waals surface area contributed by atoms with Crippen molar-refractivity contribution in [3.8, 4) is 0 Å². The Morgan fingerprint density at radius 1 is 1.37 bits per heavy atom. The van der Waals surface area contributed by atoms with Crippen molar-refractivity contribution in [2.24, 2.45) is 11.8 Å². The van der Waals surface area contributed by atoms with Gasteiger partial charge < -0.3 is 19.4 Å². The molecule has 2 aromatic rings. The molecule has 1 N–H and O–H groups in total. The molecule has 4 atom stereocenters. The zero-order chi connectivity index (χ0) is 21.0. The maximum absolute atomic E-state index is 13.0. The summed E-state index contributed by atoms with van der Waals surface area (Å²) in [6, 6.07) is 8.25. The lowest BCUT2D eigenvalue weighted by Crippen LogP contribution is -2.57. The number of amides is 1. The summed E-state index contributed by atoms with van der Waals surface area (Å²) in [7, 11) is 0. The molecule has 4 aliphatic rings. The third kappa shape index (κ3) is 3.50. The molecule has 8 heteroatoms. The van der Waals surface area contributed by atoms with Gasteiger partial charge in [0.1, 0.15) is 6.61 Å². The number of alkyl halides is 3. The van der Waals surface area contributed by atoms with E-state index in [1.54, 1.807) is 4.90 Å². The van der Waals surface area contributed by atoms with Gasteiger partial charge in [-0.05, 0) is 37.3 Å². The van der Waals surface area contributed by atoms with Crippen molar-refractivity contribution in [3.63, 3.8) is 0 Å². The SMILES string of the molecule is C/C=C1/CN(C(=O)OCC(Cl)(Cl)Cl)[C@H]2Cc3c([nH]c4ccccc34)[C@@H]3C[C@@H]1[C@H]2CO3. The van der Waals surface area contributed by atoms with Gasteiger partial charge in [-0.3, -0.25) is 0 Å². The molecule has 160 valence electrons. The molecular formula is C22H23Cl3N2O3. The first-order valence-electron chi connectivity index (χ1n) is 10.2. The monoisotopic (exact) mass is 468 g/mol. The molecule has 30 heavy (non-hydrogen) atoms. The van der Waals surface area contributed by atoms with Gasteiger partial charge in [0.25, 0.3) is 0 Å². The Kier molecular flexibility index (Phi) is 5.21. The Labute approximate surface area is 190 Å². The highest BCUT2D eigenvalue weighted by molar-refractivity contribution is 6.67. The van der Waals surface area contributed by atoms with Gasteiger partial charge in [-0.1, -0.05) is 64.7 Å². The van der Waals surface area contributed by atoms with Crippen LogP contribution in [0.2, 0.25) is 0 Å². The molecule has 6 rings (SSSR count). The normalized spacial score (nSPS) is 29.6. The van der Waals surface area contributed by atoms with E-state index in [9.17, 15) is 4.79 Å². The van der Waals surface area contributed by atoms with Crippen LogP contribution in [0.1, 0.15) is 30.7 Å². The number of allylic oxidation sites excluding steroid dienone is 1. The van der Waals surface area contributed by atoms with E-state index < -0.39 is 9.89 Å². The lowest BCUT2D eigenvalue weighted by Gasteiger charge is -2.51. The number of halogens is 3. The van der Waals surface area contributed by atoms with Gasteiger partial charge in [0.2, 0.25) is 3.79 Å². The second-order valence-corrected chi connectivity index (χ2v) is 10.8. The Balaban J connectivity index is 1.56. The molecule has 4 bridgehead atoms. The summed E-state index contributed by atoms with van der Waals surface area (Å²) in [5, 5.41) is 1.19. The number of rotatable bonds is 1. The number of fused-ring (bicyclic) bond motifs is 2. The smallest absolute Gasteiger partial charge is 0.410 e. The van der Waals surface area contributed by atoms with Crippen LogP contribution < -0.4 is 0 Å². The van der Waals surface area contributed by atoms with Crippen molar-refractivity contribution in [2.75, 3.05) is 19.8 Å². The quantitative estimate of drug-likeness (QED) is 0.440. The molecule has 1 aromatic heterocycles. The highest BCUT2D eigenvalue weighted by atomic mass is 35.6. The molecular weight excluding hydrogens is 447 g/mol. The number of hydrogen-bond acceptors (Lipinski definition) is 3. The van der Waals surface area contributed by atoms with Crippen LogP contribution >= 0.6 is 34.8 Å². The lowest BCUT2D eigenvalue weighted by atomic mass is 9.69. The van der Waals surface area contributed by atoms with E-state index in [4.69, 9.17) is 44.3 Å². The number of nitrogens with one attached hydrogen (secondary N) is 1. The number of para-hydroxylation sites is 1. The van der Waals surface area contributed by atoms with Crippen LogP contribution in [-0.2, 0) is 15.9 Å². The minimum absolute atomic E-state index is 0.0409. The number of ether oxygens (including phenoxy) is 2. The number of aromatic amines is 1. The van der Waals surface area contributed by atoms with Crippen molar-refractivity contribution in [1.82, 2.24) is 9.88 Å². The number of hydrogen-bond donors (Lipinski definition) is 1. The molecule has 4 heterocycles. The highest BCUT2D eigenvalue weighted by Gasteiger charge is 2.49. The Hall–Kier alpha value is -1.40. The summed E-state index contributed by atoms with van der Waals surface area (Å²) in [5.74, 6) is 0.596. The lowest BCUT2D eigenvalue weighted by molar-refractivity contribution is -0.0841. The van der Waals surface area contributed by atoms with E-state index in [1.165, 1.54) is 16.5 Å². The molecule has 5 nitrogen and oxygen atoms in total. The van der Waals surface area contributed by atoms with Crippen LogP contribution in [0, 0.1) is 11.8 Å². The van der Waals surface area contributed by atoms with Gasteiger partial charge in [-0.25, -0.2) is 4.79 Å². The molecule has 2 saturated heterocycles. The molecule has 2 fully saturated rings. The third-order valence-electron chi connectivity index (χ3n) is 6.74. The molecule has 0 unspecified atom stereocenters. The van der Waals surface area contributed by atoms with Crippen LogP contribution in [0.3, 0.4) is 0 Å². The number of aromatic nitrogens is 1. The standard InChI is InChI=1S/C22H23Cl3N2O3/c1-2-12-9-27(21(28)30-11-22(23,24)25)18-7-15-13-5-3-4-6-17(13)26-20(15)19-8-14(12)16(18)10-29-19/h2-6,14,16,18-19,26H,7-11H2,1H3/b12-2-/t14-,16+,18-,19-/m0/s1. The van der Waals surface area contributed by atoms with Crippen molar-refractivity contribution in [1.29, 1.82) is 0 Å². The van der Waals surface area contributed by atoms with Gasteiger partial charge in [0.05, 0.1) is 12.7 Å². The van der Waals surface area contributed by atoms with Crippen molar-refractivity contribution >= 4 is 51.8 Å². The minimum atomic E-state index is -1.64. The molecule has 1 aliphatic carbocycles. The van der Waals surface area contributed by atoms with Crippen LogP contribution in [0.4, 0.5) is 4.79 Å². The first kappa shape index (κ1) is 20.5. The Morgan fingerprint density at radius 3 is 2.93 bits per heavy atom. The predicted molar refractivity (Wildman–Crippen MR) is 118 cm³/mol. The van der Waals surface area contributed by atoms with Crippen LogP contribution in [0.15, 0.2) is 35.9 Å². The number of H-pyrrole nitrogens is 1. The number of carbonyl (C=O) groups is 1. The second-order valence-electron chi connectivity index (χ2n) is 8.32.